The molecule has 3 heterocycles. The fraction of sp³-hybridized carbons (Fsp3) is 0.231. The number of rotatable bonds is 3. The SMILES string of the molecule is Cc1cccc(CN(C)c2cc(Cl)nc3ncnn23)n1. The Morgan fingerprint density at radius 2 is 2.15 bits per heavy atom. The quantitative estimate of drug-likeness (QED) is 0.691. The second kappa shape index (κ2) is 5.05. The fourth-order valence-corrected chi connectivity index (χ4v) is 2.23. The first-order chi connectivity index (χ1) is 9.63. The molecule has 6 nitrogen and oxygen atoms in total. The monoisotopic (exact) mass is 288 g/mol. The molecule has 0 unspecified atom stereocenters. The minimum Gasteiger partial charge on any atom is -0.354 e. The van der Waals surface area contributed by atoms with Gasteiger partial charge >= 0.3 is 0 Å². The van der Waals surface area contributed by atoms with Crippen molar-refractivity contribution in [2.24, 2.45) is 0 Å². The number of fused-ring (bicyclic) bond motifs is 1. The number of anilines is 1. The summed E-state index contributed by atoms with van der Waals surface area (Å²) in [5, 5.41) is 4.56. The topological polar surface area (TPSA) is 59.2 Å². The van der Waals surface area contributed by atoms with Gasteiger partial charge in [0.1, 0.15) is 17.3 Å². The van der Waals surface area contributed by atoms with E-state index in [1.165, 1.54) is 6.33 Å². The smallest absolute Gasteiger partial charge is 0.255 e. The van der Waals surface area contributed by atoms with Gasteiger partial charge in [-0.2, -0.15) is 19.6 Å². The summed E-state index contributed by atoms with van der Waals surface area (Å²) in [4.78, 5) is 14.7. The van der Waals surface area contributed by atoms with E-state index in [0.717, 1.165) is 17.2 Å². The van der Waals surface area contributed by atoms with Crippen LogP contribution in [0.3, 0.4) is 0 Å². The van der Waals surface area contributed by atoms with Crippen molar-refractivity contribution >= 4 is 23.2 Å². The van der Waals surface area contributed by atoms with Crippen LogP contribution in [0.25, 0.3) is 5.78 Å². The van der Waals surface area contributed by atoms with E-state index in [9.17, 15) is 0 Å². The molecule has 0 amide bonds. The molecule has 3 aromatic rings. The number of halogens is 1. The maximum atomic E-state index is 6.02. The lowest BCUT2D eigenvalue weighted by atomic mass is 10.3. The molecule has 20 heavy (non-hydrogen) atoms. The van der Waals surface area contributed by atoms with Gasteiger partial charge in [0.2, 0.25) is 0 Å². The van der Waals surface area contributed by atoms with Crippen molar-refractivity contribution in [2.75, 3.05) is 11.9 Å². The molecule has 0 atom stereocenters. The van der Waals surface area contributed by atoms with Gasteiger partial charge in [0.05, 0.1) is 12.2 Å². The largest absolute Gasteiger partial charge is 0.354 e. The number of pyridine rings is 1. The first-order valence-corrected chi connectivity index (χ1v) is 6.51. The van der Waals surface area contributed by atoms with E-state index in [1.807, 2.05) is 37.1 Å². The second-order valence-electron chi connectivity index (χ2n) is 4.54. The van der Waals surface area contributed by atoms with Gasteiger partial charge in [0.15, 0.2) is 0 Å². The third kappa shape index (κ3) is 2.42. The van der Waals surface area contributed by atoms with Crippen LogP contribution in [0.2, 0.25) is 5.15 Å². The molecule has 0 aromatic carbocycles. The van der Waals surface area contributed by atoms with Gasteiger partial charge in [0, 0.05) is 18.8 Å². The van der Waals surface area contributed by atoms with E-state index in [0.29, 0.717) is 17.5 Å². The summed E-state index contributed by atoms with van der Waals surface area (Å²) in [7, 11) is 1.96. The van der Waals surface area contributed by atoms with E-state index >= 15 is 0 Å². The van der Waals surface area contributed by atoms with E-state index in [-0.39, 0.29) is 0 Å². The average Bonchev–Trinajstić information content (AvgIpc) is 2.85. The molecule has 0 spiro atoms. The number of aryl methyl sites for hydroxylation is 1. The maximum Gasteiger partial charge on any atom is 0.255 e. The average molecular weight is 289 g/mol. The molecule has 7 heteroatoms. The first-order valence-electron chi connectivity index (χ1n) is 6.13. The van der Waals surface area contributed by atoms with Gasteiger partial charge < -0.3 is 4.90 Å². The third-order valence-electron chi connectivity index (χ3n) is 2.94. The lowest BCUT2D eigenvalue weighted by Gasteiger charge is -2.19. The normalized spacial score (nSPS) is 10.9. The molecule has 0 saturated carbocycles. The molecule has 3 aromatic heterocycles. The van der Waals surface area contributed by atoms with Crippen LogP contribution in [0.1, 0.15) is 11.4 Å². The Hall–Kier alpha value is -2.21. The molecule has 102 valence electrons. The van der Waals surface area contributed by atoms with E-state index in [4.69, 9.17) is 11.6 Å². The Morgan fingerprint density at radius 1 is 1.30 bits per heavy atom. The molecule has 0 fully saturated rings. The number of nitrogens with zero attached hydrogens (tertiary/aromatic N) is 6. The van der Waals surface area contributed by atoms with Crippen LogP contribution < -0.4 is 4.90 Å². The lowest BCUT2D eigenvalue weighted by molar-refractivity contribution is 0.813. The van der Waals surface area contributed by atoms with Crippen molar-refractivity contribution < 1.29 is 0 Å². The summed E-state index contributed by atoms with van der Waals surface area (Å²) in [5.74, 6) is 1.30. The summed E-state index contributed by atoms with van der Waals surface area (Å²) in [6.07, 6.45) is 1.46. The summed E-state index contributed by atoms with van der Waals surface area (Å²) >= 11 is 6.02. The highest BCUT2D eigenvalue weighted by Gasteiger charge is 2.11. The van der Waals surface area contributed by atoms with Crippen molar-refractivity contribution in [1.82, 2.24) is 24.6 Å². The van der Waals surface area contributed by atoms with Crippen LogP contribution >= 0.6 is 11.6 Å². The number of hydrogen-bond donors (Lipinski definition) is 0. The summed E-state index contributed by atoms with van der Waals surface area (Å²) in [5.41, 5.74) is 1.98. The molecule has 3 rings (SSSR count). The van der Waals surface area contributed by atoms with Gasteiger partial charge in [0.25, 0.3) is 5.78 Å². The number of hydrogen-bond acceptors (Lipinski definition) is 5. The molecular weight excluding hydrogens is 276 g/mol. The van der Waals surface area contributed by atoms with Gasteiger partial charge in [-0.25, -0.2) is 0 Å². The van der Waals surface area contributed by atoms with Crippen molar-refractivity contribution in [2.45, 2.75) is 13.5 Å². The molecule has 0 saturated heterocycles. The van der Waals surface area contributed by atoms with Gasteiger partial charge in [-0.15, -0.1) is 0 Å². The van der Waals surface area contributed by atoms with Crippen LogP contribution in [-0.2, 0) is 6.54 Å². The summed E-state index contributed by atoms with van der Waals surface area (Å²) in [6.45, 7) is 2.62. The van der Waals surface area contributed by atoms with Crippen LogP contribution in [0.4, 0.5) is 5.82 Å². The highest BCUT2D eigenvalue weighted by atomic mass is 35.5. The molecule has 0 aliphatic rings. The Labute approximate surface area is 121 Å². The Bertz CT molecular complexity index is 753. The zero-order valence-corrected chi connectivity index (χ0v) is 11.9. The summed E-state index contributed by atoms with van der Waals surface area (Å²) in [6, 6.07) is 7.72. The van der Waals surface area contributed by atoms with Crippen LogP contribution in [0.5, 0.6) is 0 Å². The number of aromatic nitrogens is 5. The molecule has 0 aliphatic carbocycles. The zero-order valence-electron chi connectivity index (χ0n) is 11.2. The molecular formula is C13H13ClN6. The van der Waals surface area contributed by atoms with Crippen LogP contribution in [0, 0.1) is 6.92 Å². The van der Waals surface area contributed by atoms with E-state index < -0.39 is 0 Å². The van der Waals surface area contributed by atoms with Crippen LogP contribution in [0.15, 0.2) is 30.6 Å². The standard InChI is InChI=1S/C13H13ClN6/c1-9-4-3-5-10(17-9)7-19(2)12-6-11(14)18-13-15-8-16-20(12)13/h3-6,8H,7H2,1-2H3. The molecule has 0 aliphatic heterocycles. The highest BCUT2D eigenvalue weighted by molar-refractivity contribution is 6.29. The Balaban J connectivity index is 1.96. The Kier molecular flexibility index (Phi) is 3.23. The van der Waals surface area contributed by atoms with Gasteiger partial charge in [-0.3, -0.25) is 4.98 Å². The minimum absolute atomic E-state index is 0.393. The minimum atomic E-state index is 0.393. The van der Waals surface area contributed by atoms with E-state index in [1.54, 1.807) is 10.6 Å². The van der Waals surface area contributed by atoms with E-state index in [2.05, 4.69) is 20.1 Å². The lowest BCUT2D eigenvalue weighted by Crippen LogP contribution is -2.20. The van der Waals surface area contributed by atoms with Crippen molar-refractivity contribution in [3.05, 3.63) is 47.1 Å². The fourth-order valence-electron chi connectivity index (χ4n) is 2.05. The van der Waals surface area contributed by atoms with Crippen molar-refractivity contribution in [3.63, 3.8) is 0 Å². The Morgan fingerprint density at radius 3 is 2.95 bits per heavy atom. The predicted molar refractivity (Wildman–Crippen MR) is 76.9 cm³/mol. The molecule has 0 N–H and O–H groups in total. The maximum absolute atomic E-state index is 6.02. The summed E-state index contributed by atoms with van der Waals surface area (Å²) < 4.78 is 1.65. The second-order valence-corrected chi connectivity index (χ2v) is 4.92. The zero-order chi connectivity index (χ0) is 14.1. The molecule has 0 radical (unpaired) electrons. The van der Waals surface area contributed by atoms with Crippen molar-refractivity contribution in [3.8, 4) is 0 Å². The highest BCUT2D eigenvalue weighted by Crippen LogP contribution is 2.19. The molecule has 0 bridgehead atoms. The first kappa shape index (κ1) is 12.8. The van der Waals surface area contributed by atoms with Gasteiger partial charge in [-0.1, -0.05) is 17.7 Å². The van der Waals surface area contributed by atoms with Gasteiger partial charge in [-0.05, 0) is 19.1 Å². The predicted octanol–water partition coefficient (Wildman–Crippen LogP) is 2.12. The van der Waals surface area contributed by atoms with Crippen LogP contribution in [-0.4, -0.2) is 31.6 Å². The third-order valence-corrected chi connectivity index (χ3v) is 3.13. The van der Waals surface area contributed by atoms with Crippen molar-refractivity contribution in [1.29, 1.82) is 0 Å².